The van der Waals surface area contributed by atoms with Crippen molar-refractivity contribution in [3.63, 3.8) is 0 Å². The number of amides is 1. The molecule has 1 amide bonds. The van der Waals surface area contributed by atoms with Crippen molar-refractivity contribution in [2.24, 2.45) is 0 Å². The van der Waals surface area contributed by atoms with Crippen LogP contribution in [-0.2, 0) is 0 Å². The van der Waals surface area contributed by atoms with Crippen LogP contribution in [0.4, 0.5) is 0 Å². The highest BCUT2D eigenvalue weighted by Crippen LogP contribution is 2.12. The summed E-state index contributed by atoms with van der Waals surface area (Å²) in [6.45, 7) is 2.43. The van der Waals surface area contributed by atoms with E-state index in [0.29, 0.717) is 12.2 Å². The van der Waals surface area contributed by atoms with Gasteiger partial charge in [0.25, 0.3) is 5.91 Å². The topological polar surface area (TPSA) is 78.8 Å². The second-order valence-corrected chi connectivity index (χ2v) is 4.27. The van der Waals surface area contributed by atoms with Crippen LogP contribution in [0.15, 0.2) is 24.3 Å². The first-order chi connectivity index (χ1) is 9.17. The van der Waals surface area contributed by atoms with E-state index in [9.17, 15) is 4.79 Å². The van der Waals surface area contributed by atoms with Gasteiger partial charge < -0.3 is 20.3 Å². The molecule has 1 unspecified atom stereocenters. The number of aliphatic hydroxyl groups excluding tert-OH is 2. The van der Waals surface area contributed by atoms with Gasteiger partial charge in [0.2, 0.25) is 0 Å². The van der Waals surface area contributed by atoms with Gasteiger partial charge in [-0.3, -0.25) is 4.79 Å². The normalized spacial score (nSPS) is 11.9. The Morgan fingerprint density at radius 3 is 2.63 bits per heavy atom. The predicted octanol–water partition coefficient (Wildman–Crippen LogP) is 0.948. The minimum atomic E-state index is -0.930. The van der Waals surface area contributed by atoms with Gasteiger partial charge in [0.1, 0.15) is 5.75 Å². The van der Waals surface area contributed by atoms with Crippen LogP contribution in [0.2, 0.25) is 0 Å². The Morgan fingerprint density at radius 2 is 2.05 bits per heavy atom. The lowest BCUT2D eigenvalue weighted by atomic mass is 10.2. The fourth-order valence-electron chi connectivity index (χ4n) is 1.41. The average Bonchev–Trinajstić information content (AvgIpc) is 2.45. The van der Waals surface area contributed by atoms with Crippen molar-refractivity contribution in [3.8, 4) is 5.75 Å². The number of benzene rings is 1. The molecular weight excluding hydrogens is 246 g/mol. The predicted molar refractivity (Wildman–Crippen MR) is 72.3 cm³/mol. The van der Waals surface area contributed by atoms with Gasteiger partial charge in [-0.05, 0) is 30.7 Å². The Kier molecular flexibility index (Phi) is 6.92. The Labute approximate surface area is 113 Å². The summed E-state index contributed by atoms with van der Waals surface area (Å²) < 4.78 is 5.49. The van der Waals surface area contributed by atoms with Crippen LogP contribution in [0.5, 0.6) is 5.75 Å². The molecule has 0 spiro atoms. The molecule has 0 aromatic heterocycles. The van der Waals surface area contributed by atoms with Gasteiger partial charge in [0, 0.05) is 12.1 Å². The summed E-state index contributed by atoms with van der Waals surface area (Å²) in [4.78, 5) is 11.7. The third-order valence-corrected chi connectivity index (χ3v) is 2.59. The molecule has 5 nitrogen and oxygen atoms in total. The number of unbranched alkanes of at least 4 members (excludes halogenated alkanes) is 1. The first-order valence-corrected chi connectivity index (χ1v) is 6.47. The minimum absolute atomic E-state index is 0.0318. The highest BCUT2D eigenvalue weighted by Gasteiger charge is 2.08. The fraction of sp³-hybridized carbons (Fsp3) is 0.500. The molecule has 0 bridgehead atoms. The maximum absolute atomic E-state index is 11.7. The molecule has 0 saturated heterocycles. The van der Waals surface area contributed by atoms with Gasteiger partial charge in [-0.2, -0.15) is 0 Å². The number of aliphatic hydroxyl groups is 2. The lowest BCUT2D eigenvalue weighted by Gasteiger charge is -2.09. The first kappa shape index (κ1) is 15.5. The molecule has 5 heteroatoms. The van der Waals surface area contributed by atoms with Crippen molar-refractivity contribution >= 4 is 5.91 Å². The van der Waals surface area contributed by atoms with Gasteiger partial charge in [-0.1, -0.05) is 13.3 Å². The van der Waals surface area contributed by atoms with Crippen LogP contribution >= 0.6 is 0 Å². The summed E-state index contributed by atoms with van der Waals surface area (Å²) in [6.07, 6.45) is 1.15. The zero-order valence-corrected chi connectivity index (χ0v) is 11.1. The van der Waals surface area contributed by atoms with Crippen molar-refractivity contribution in [2.75, 3.05) is 19.8 Å². The molecule has 0 aliphatic rings. The first-order valence-electron chi connectivity index (χ1n) is 6.47. The smallest absolute Gasteiger partial charge is 0.251 e. The number of carbonyl (C=O) groups is 1. The summed E-state index contributed by atoms with van der Waals surface area (Å²) >= 11 is 0. The van der Waals surface area contributed by atoms with Crippen LogP contribution < -0.4 is 10.1 Å². The van der Waals surface area contributed by atoms with Crippen molar-refractivity contribution < 1.29 is 19.7 Å². The van der Waals surface area contributed by atoms with Crippen LogP contribution in [0.1, 0.15) is 30.1 Å². The van der Waals surface area contributed by atoms with Crippen molar-refractivity contribution in [2.45, 2.75) is 25.9 Å². The zero-order chi connectivity index (χ0) is 14.1. The number of rotatable bonds is 8. The second-order valence-electron chi connectivity index (χ2n) is 4.27. The van der Waals surface area contributed by atoms with E-state index < -0.39 is 6.10 Å². The molecule has 0 aliphatic carbocycles. The molecular formula is C14H21NO4. The van der Waals surface area contributed by atoms with E-state index in [1.807, 2.05) is 0 Å². The third kappa shape index (κ3) is 5.72. The highest BCUT2D eigenvalue weighted by molar-refractivity contribution is 5.94. The van der Waals surface area contributed by atoms with Crippen LogP contribution in [-0.4, -0.2) is 42.0 Å². The van der Waals surface area contributed by atoms with Gasteiger partial charge >= 0.3 is 0 Å². The molecule has 3 N–H and O–H groups in total. The zero-order valence-electron chi connectivity index (χ0n) is 11.1. The molecule has 0 radical (unpaired) electrons. The van der Waals surface area contributed by atoms with Gasteiger partial charge in [-0.15, -0.1) is 0 Å². The van der Waals surface area contributed by atoms with Crippen molar-refractivity contribution in [1.29, 1.82) is 0 Å². The standard InChI is InChI=1S/C14H21NO4/c1-2-3-8-19-13-6-4-11(5-7-13)14(18)15-9-12(17)10-16/h4-7,12,16-17H,2-3,8-10H2,1H3,(H,15,18). The van der Waals surface area contributed by atoms with E-state index in [-0.39, 0.29) is 19.1 Å². The largest absolute Gasteiger partial charge is 0.494 e. The summed E-state index contributed by atoms with van der Waals surface area (Å²) in [5, 5.41) is 20.3. The minimum Gasteiger partial charge on any atom is -0.494 e. The number of nitrogens with one attached hydrogen (secondary N) is 1. The monoisotopic (exact) mass is 267 g/mol. The number of hydrogen-bond acceptors (Lipinski definition) is 4. The van der Waals surface area contributed by atoms with E-state index >= 15 is 0 Å². The third-order valence-electron chi connectivity index (χ3n) is 2.59. The molecule has 0 fully saturated rings. The second kappa shape index (κ2) is 8.50. The summed E-state index contributed by atoms with van der Waals surface area (Å²) in [6, 6.07) is 6.82. The number of hydrogen-bond donors (Lipinski definition) is 3. The fourth-order valence-corrected chi connectivity index (χ4v) is 1.41. The maximum atomic E-state index is 11.7. The van der Waals surface area contributed by atoms with Crippen molar-refractivity contribution in [1.82, 2.24) is 5.32 Å². The lowest BCUT2D eigenvalue weighted by Crippen LogP contribution is -2.33. The Balaban J connectivity index is 2.44. The SMILES string of the molecule is CCCCOc1ccc(C(=O)NCC(O)CO)cc1. The van der Waals surface area contributed by atoms with Gasteiger partial charge in [0.15, 0.2) is 0 Å². The molecule has 1 rings (SSSR count). The van der Waals surface area contributed by atoms with Crippen LogP contribution in [0.25, 0.3) is 0 Å². The van der Waals surface area contributed by atoms with E-state index in [0.717, 1.165) is 18.6 Å². The van der Waals surface area contributed by atoms with E-state index in [4.69, 9.17) is 14.9 Å². The molecule has 1 aromatic carbocycles. The summed E-state index contributed by atoms with van der Waals surface area (Å²) in [5.41, 5.74) is 0.494. The molecule has 0 heterocycles. The van der Waals surface area contributed by atoms with Crippen LogP contribution in [0.3, 0.4) is 0 Å². The molecule has 1 atom stereocenters. The average molecular weight is 267 g/mol. The Bertz CT molecular complexity index is 378. The van der Waals surface area contributed by atoms with Crippen LogP contribution in [0, 0.1) is 0 Å². The number of carbonyl (C=O) groups excluding carboxylic acids is 1. The molecule has 106 valence electrons. The highest BCUT2D eigenvalue weighted by atomic mass is 16.5. The molecule has 19 heavy (non-hydrogen) atoms. The maximum Gasteiger partial charge on any atom is 0.251 e. The van der Waals surface area contributed by atoms with Crippen molar-refractivity contribution in [3.05, 3.63) is 29.8 Å². The van der Waals surface area contributed by atoms with E-state index in [1.54, 1.807) is 24.3 Å². The quantitative estimate of drug-likeness (QED) is 0.613. The molecule has 1 aromatic rings. The summed E-state index contributed by atoms with van der Waals surface area (Å²) in [7, 11) is 0. The Hall–Kier alpha value is -1.59. The lowest BCUT2D eigenvalue weighted by molar-refractivity contribution is 0.0802. The van der Waals surface area contributed by atoms with E-state index in [2.05, 4.69) is 12.2 Å². The van der Waals surface area contributed by atoms with Gasteiger partial charge in [-0.25, -0.2) is 0 Å². The Morgan fingerprint density at radius 1 is 1.37 bits per heavy atom. The number of ether oxygens (including phenoxy) is 1. The molecule has 0 aliphatic heterocycles. The molecule has 0 saturated carbocycles. The summed E-state index contributed by atoms with van der Waals surface area (Å²) in [5.74, 6) is 0.452. The van der Waals surface area contributed by atoms with E-state index in [1.165, 1.54) is 0 Å². The van der Waals surface area contributed by atoms with Gasteiger partial charge in [0.05, 0.1) is 19.3 Å².